The van der Waals surface area contributed by atoms with Crippen LogP contribution in [0.2, 0.25) is 0 Å². The molecule has 1 atom stereocenters. The number of benzene rings is 1. The maximum absolute atomic E-state index is 10.8. The lowest BCUT2D eigenvalue weighted by molar-refractivity contribution is -0.141. The molecule has 3 nitrogen and oxygen atoms in total. The number of aliphatic carboxylic acids is 1. The Morgan fingerprint density at radius 2 is 2.19 bits per heavy atom. The molecule has 2 rings (SSSR count). The van der Waals surface area contributed by atoms with Crippen molar-refractivity contribution in [2.75, 3.05) is 13.2 Å². The van der Waals surface area contributed by atoms with E-state index in [4.69, 9.17) is 9.84 Å². The Bertz CT molecular complexity index is 383. The van der Waals surface area contributed by atoms with E-state index in [0.29, 0.717) is 12.3 Å². The van der Waals surface area contributed by atoms with Gasteiger partial charge < -0.3 is 9.84 Å². The van der Waals surface area contributed by atoms with Gasteiger partial charge in [-0.05, 0) is 17.5 Å². The second-order valence-electron chi connectivity index (χ2n) is 4.38. The lowest BCUT2D eigenvalue weighted by atomic mass is 9.88. The van der Waals surface area contributed by atoms with Gasteiger partial charge in [0.15, 0.2) is 0 Å². The van der Waals surface area contributed by atoms with Gasteiger partial charge in [0.05, 0.1) is 19.1 Å². The number of carboxylic acid groups (broad SMARTS) is 1. The first-order valence-corrected chi connectivity index (χ1v) is 5.57. The van der Waals surface area contributed by atoms with Crippen molar-refractivity contribution in [1.82, 2.24) is 0 Å². The van der Waals surface area contributed by atoms with E-state index >= 15 is 0 Å². The minimum atomic E-state index is -0.736. The Morgan fingerprint density at radius 3 is 2.75 bits per heavy atom. The molecule has 0 radical (unpaired) electrons. The smallest absolute Gasteiger partial charge is 0.306 e. The summed E-state index contributed by atoms with van der Waals surface area (Å²) in [4.78, 5) is 10.8. The lowest BCUT2D eigenvalue weighted by Crippen LogP contribution is -2.26. The van der Waals surface area contributed by atoms with Crippen molar-refractivity contribution < 1.29 is 14.6 Å². The fourth-order valence-electron chi connectivity index (χ4n) is 1.95. The largest absolute Gasteiger partial charge is 0.481 e. The molecule has 0 aromatic heterocycles. The van der Waals surface area contributed by atoms with Crippen LogP contribution in [0.15, 0.2) is 24.3 Å². The maximum atomic E-state index is 10.8. The van der Waals surface area contributed by atoms with Crippen molar-refractivity contribution in [2.45, 2.75) is 19.3 Å². The molecule has 1 N–H and O–H groups in total. The Labute approximate surface area is 95.0 Å². The topological polar surface area (TPSA) is 46.5 Å². The Hall–Kier alpha value is -1.35. The summed E-state index contributed by atoms with van der Waals surface area (Å²) < 4.78 is 5.18. The van der Waals surface area contributed by atoms with Crippen LogP contribution >= 0.6 is 0 Å². The summed E-state index contributed by atoms with van der Waals surface area (Å²) in [6.07, 6.45) is 0.599. The van der Waals surface area contributed by atoms with E-state index in [1.54, 1.807) is 6.92 Å². The number of hydrogen-bond acceptors (Lipinski definition) is 2. The van der Waals surface area contributed by atoms with Crippen LogP contribution in [0.1, 0.15) is 24.0 Å². The zero-order valence-corrected chi connectivity index (χ0v) is 9.35. The van der Waals surface area contributed by atoms with E-state index in [-0.39, 0.29) is 5.92 Å². The van der Waals surface area contributed by atoms with Crippen molar-refractivity contribution in [2.24, 2.45) is 5.92 Å². The highest BCUT2D eigenvalue weighted by molar-refractivity contribution is 5.70. The Kier molecular flexibility index (Phi) is 3.25. The highest BCUT2D eigenvalue weighted by atomic mass is 16.5. The fourth-order valence-corrected chi connectivity index (χ4v) is 1.95. The molecule has 1 heterocycles. The third-order valence-corrected chi connectivity index (χ3v) is 3.08. The highest BCUT2D eigenvalue weighted by Gasteiger charge is 2.24. The first-order chi connectivity index (χ1) is 7.68. The Balaban J connectivity index is 2.16. The van der Waals surface area contributed by atoms with Gasteiger partial charge in [0.1, 0.15) is 0 Å². The number of carboxylic acids is 1. The molecule has 0 bridgehead atoms. The van der Waals surface area contributed by atoms with Crippen LogP contribution < -0.4 is 0 Å². The predicted octanol–water partition coefficient (Wildman–Crippen LogP) is 2.06. The van der Waals surface area contributed by atoms with Gasteiger partial charge >= 0.3 is 5.97 Å². The minimum Gasteiger partial charge on any atom is -0.481 e. The molecule has 1 aromatic rings. The summed E-state index contributed by atoms with van der Waals surface area (Å²) >= 11 is 0. The molecule has 1 unspecified atom stereocenters. The van der Waals surface area contributed by atoms with E-state index in [1.165, 1.54) is 5.56 Å². The Morgan fingerprint density at radius 1 is 1.50 bits per heavy atom. The van der Waals surface area contributed by atoms with Crippen LogP contribution in [-0.4, -0.2) is 24.3 Å². The molecule has 0 spiro atoms. The number of rotatable bonds is 4. The third kappa shape index (κ3) is 2.25. The van der Waals surface area contributed by atoms with E-state index in [1.807, 2.05) is 18.2 Å². The molecule has 1 aromatic carbocycles. The van der Waals surface area contributed by atoms with Crippen LogP contribution in [0.5, 0.6) is 0 Å². The van der Waals surface area contributed by atoms with Gasteiger partial charge in [-0.2, -0.15) is 0 Å². The number of ether oxygens (including phenoxy) is 1. The van der Waals surface area contributed by atoms with Crippen molar-refractivity contribution in [1.29, 1.82) is 0 Å². The molecular formula is C13H16O3. The summed E-state index contributed by atoms with van der Waals surface area (Å²) in [6, 6.07) is 8.07. The van der Waals surface area contributed by atoms with Crippen molar-refractivity contribution in [3.8, 4) is 0 Å². The predicted molar refractivity (Wildman–Crippen MR) is 60.5 cm³/mol. The second-order valence-corrected chi connectivity index (χ2v) is 4.38. The van der Waals surface area contributed by atoms with Gasteiger partial charge in [-0.25, -0.2) is 0 Å². The van der Waals surface area contributed by atoms with Gasteiger partial charge in [0.2, 0.25) is 0 Å². The molecular weight excluding hydrogens is 204 g/mol. The average Bonchev–Trinajstić information content (AvgIpc) is 2.18. The van der Waals surface area contributed by atoms with Crippen LogP contribution in [0.3, 0.4) is 0 Å². The summed E-state index contributed by atoms with van der Waals surface area (Å²) in [5.41, 5.74) is 2.40. The van der Waals surface area contributed by atoms with Crippen LogP contribution in [0, 0.1) is 5.92 Å². The van der Waals surface area contributed by atoms with Gasteiger partial charge in [0.25, 0.3) is 0 Å². The van der Waals surface area contributed by atoms with Crippen LogP contribution in [0.25, 0.3) is 0 Å². The zero-order chi connectivity index (χ0) is 11.5. The first-order valence-electron chi connectivity index (χ1n) is 5.57. The van der Waals surface area contributed by atoms with Crippen molar-refractivity contribution in [3.05, 3.63) is 35.4 Å². The molecule has 16 heavy (non-hydrogen) atoms. The van der Waals surface area contributed by atoms with E-state index in [2.05, 4.69) is 6.07 Å². The first kappa shape index (κ1) is 11.1. The standard InChI is InChI=1S/C13H16O3/c1-9(13(14)15)6-10-4-2-3-5-12(10)11-7-16-8-11/h2-5,9,11H,6-8H2,1H3,(H,14,15). The molecule has 86 valence electrons. The van der Waals surface area contributed by atoms with Crippen LogP contribution in [-0.2, 0) is 16.0 Å². The minimum absolute atomic E-state index is 0.331. The monoisotopic (exact) mass is 220 g/mol. The fraction of sp³-hybridized carbons (Fsp3) is 0.462. The summed E-state index contributed by atoms with van der Waals surface area (Å²) in [5, 5.41) is 8.92. The zero-order valence-electron chi connectivity index (χ0n) is 9.35. The molecule has 0 amide bonds. The molecule has 0 aliphatic carbocycles. The SMILES string of the molecule is CC(Cc1ccccc1C1COC1)C(=O)O. The molecule has 1 aliphatic heterocycles. The lowest BCUT2D eigenvalue weighted by Gasteiger charge is -2.28. The van der Waals surface area contributed by atoms with Gasteiger partial charge in [-0.1, -0.05) is 31.2 Å². The maximum Gasteiger partial charge on any atom is 0.306 e. The van der Waals surface area contributed by atoms with Gasteiger partial charge in [-0.3, -0.25) is 4.79 Å². The van der Waals surface area contributed by atoms with Gasteiger partial charge in [-0.15, -0.1) is 0 Å². The van der Waals surface area contributed by atoms with Crippen molar-refractivity contribution in [3.63, 3.8) is 0 Å². The molecule has 3 heteroatoms. The number of hydrogen-bond donors (Lipinski definition) is 1. The molecule has 0 saturated carbocycles. The second kappa shape index (κ2) is 4.66. The van der Waals surface area contributed by atoms with E-state index in [0.717, 1.165) is 18.8 Å². The summed E-state index contributed by atoms with van der Waals surface area (Å²) in [6.45, 7) is 3.27. The summed E-state index contributed by atoms with van der Waals surface area (Å²) in [7, 11) is 0. The normalized spacial score (nSPS) is 17.8. The van der Waals surface area contributed by atoms with E-state index in [9.17, 15) is 4.79 Å². The molecule has 1 fully saturated rings. The summed E-state index contributed by atoms with van der Waals surface area (Å²) in [5.74, 6) is -0.612. The molecule has 1 saturated heterocycles. The third-order valence-electron chi connectivity index (χ3n) is 3.08. The van der Waals surface area contributed by atoms with E-state index < -0.39 is 5.97 Å². The number of carbonyl (C=O) groups is 1. The average molecular weight is 220 g/mol. The highest BCUT2D eigenvalue weighted by Crippen LogP contribution is 2.28. The van der Waals surface area contributed by atoms with Crippen LogP contribution in [0.4, 0.5) is 0 Å². The molecule has 1 aliphatic rings. The van der Waals surface area contributed by atoms with Gasteiger partial charge in [0, 0.05) is 5.92 Å². The quantitative estimate of drug-likeness (QED) is 0.844. The van der Waals surface area contributed by atoms with Crippen molar-refractivity contribution >= 4 is 5.97 Å².